The number of amidine groups is 1. The third kappa shape index (κ3) is 4.14. The molecule has 3 aromatic rings. The van der Waals surface area contributed by atoms with Crippen LogP contribution in [-0.4, -0.2) is 17.9 Å². The molecule has 5 nitrogen and oxygen atoms in total. The van der Waals surface area contributed by atoms with Crippen LogP contribution in [0.2, 0.25) is 0 Å². The summed E-state index contributed by atoms with van der Waals surface area (Å²) < 4.78 is 10.8. The largest absolute Gasteiger partial charge is 0.454 e. The molecule has 0 N–H and O–H groups in total. The minimum atomic E-state index is -0.141. The molecule has 2 heterocycles. The number of rotatable bonds is 4. The van der Waals surface area contributed by atoms with E-state index in [9.17, 15) is 4.79 Å². The van der Waals surface area contributed by atoms with E-state index in [4.69, 9.17) is 14.5 Å². The van der Waals surface area contributed by atoms with Gasteiger partial charge in [0.15, 0.2) is 16.7 Å². The molecule has 1 amide bonds. The summed E-state index contributed by atoms with van der Waals surface area (Å²) in [4.78, 5) is 19.8. The second kappa shape index (κ2) is 8.55. The van der Waals surface area contributed by atoms with Gasteiger partial charge in [-0.3, -0.25) is 9.69 Å². The Bertz CT molecular complexity index is 1230. The van der Waals surface area contributed by atoms with E-state index in [1.54, 1.807) is 22.7 Å². The van der Waals surface area contributed by atoms with Crippen molar-refractivity contribution < 1.29 is 14.3 Å². The Hall–Kier alpha value is -3.51. The normalized spacial score (nSPS) is 16.1. The van der Waals surface area contributed by atoms with Gasteiger partial charge < -0.3 is 9.47 Å². The minimum Gasteiger partial charge on any atom is -0.454 e. The zero-order valence-corrected chi connectivity index (χ0v) is 18.7. The third-order valence-corrected chi connectivity index (χ3v) is 6.32. The number of hydrogen-bond acceptors (Lipinski definition) is 5. The first-order chi connectivity index (χ1) is 15.6. The molecule has 0 fully saturated rings. The summed E-state index contributed by atoms with van der Waals surface area (Å²) in [5.74, 6) is 1.98. The second-order valence-electron chi connectivity index (χ2n) is 7.79. The molecule has 0 radical (unpaired) electrons. The van der Waals surface area contributed by atoms with Gasteiger partial charge in [0, 0.05) is 5.75 Å². The molecule has 0 aliphatic carbocycles. The topological polar surface area (TPSA) is 51.1 Å². The number of carbonyl (C=O) groups excluding carboxylic acids is 1. The van der Waals surface area contributed by atoms with Gasteiger partial charge in [-0.2, -0.15) is 0 Å². The number of ether oxygens (including phenoxy) is 2. The number of hydrogen-bond donors (Lipinski definition) is 0. The molecule has 6 heteroatoms. The van der Waals surface area contributed by atoms with Crippen molar-refractivity contribution >= 4 is 34.6 Å². The first-order valence-electron chi connectivity index (χ1n) is 10.4. The highest BCUT2D eigenvalue weighted by molar-refractivity contribution is 8.13. The SMILES string of the molecule is Cc1ccc(CSC2=N/C(=C\c3ccc4c(c3)OCO4)C(=O)N2c2ccc(C)cc2)cc1. The number of fused-ring (bicyclic) bond motifs is 1. The molecule has 0 saturated carbocycles. The van der Waals surface area contributed by atoms with Gasteiger partial charge in [-0.25, -0.2) is 4.99 Å². The van der Waals surface area contributed by atoms with Crippen LogP contribution in [0.15, 0.2) is 77.4 Å². The number of thioether (sulfide) groups is 1. The van der Waals surface area contributed by atoms with Crippen LogP contribution in [0, 0.1) is 13.8 Å². The molecule has 0 bridgehead atoms. The third-order valence-electron chi connectivity index (χ3n) is 5.31. The van der Waals surface area contributed by atoms with Gasteiger partial charge in [0.05, 0.1) is 5.69 Å². The van der Waals surface area contributed by atoms with E-state index >= 15 is 0 Å². The maximum atomic E-state index is 13.4. The Labute approximate surface area is 191 Å². The number of carbonyl (C=O) groups is 1. The van der Waals surface area contributed by atoms with Crippen LogP contribution in [0.3, 0.4) is 0 Å². The van der Waals surface area contributed by atoms with Gasteiger partial charge >= 0.3 is 0 Å². The van der Waals surface area contributed by atoms with E-state index < -0.39 is 0 Å². The van der Waals surface area contributed by atoms with Crippen LogP contribution >= 0.6 is 11.8 Å². The molecule has 0 spiro atoms. The summed E-state index contributed by atoms with van der Waals surface area (Å²) in [5.41, 5.74) is 5.60. The van der Waals surface area contributed by atoms with Crippen LogP contribution in [0.25, 0.3) is 6.08 Å². The van der Waals surface area contributed by atoms with Gasteiger partial charge in [-0.1, -0.05) is 65.4 Å². The maximum Gasteiger partial charge on any atom is 0.283 e. The van der Waals surface area contributed by atoms with Crippen molar-refractivity contribution in [1.82, 2.24) is 0 Å². The molecule has 32 heavy (non-hydrogen) atoms. The Morgan fingerprint density at radius 2 is 1.62 bits per heavy atom. The lowest BCUT2D eigenvalue weighted by atomic mass is 10.1. The fourth-order valence-corrected chi connectivity index (χ4v) is 4.48. The highest BCUT2D eigenvalue weighted by atomic mass is 32.2. The molecule has 0 atom stereocenters. The summed E-state index contributed by atoms with van der Waals surface area (Å²) in [6, 6.07) is 22.0. The predicted octanol–water partition coefficient (Wildman–Crippen LogP) is 5.71. The molecule has 0 unspecified atom stereocenters. The minimum absolute atomic E-state index is 0.141. The van der Waals surface area contributed by atoms with Crippen LogP contribution in [0.4, 0.5) is 5.69 Å². The van der Waals surface area contributed by atoms with Crippen molar-refractivity contribution in [2.75, 3.05) is 11.7 Å². The van der Waals surface area contributed by atoms with Gasteiger partial charge in [0.2, 0.25) is 6.79 Å². The fraction of sp³-hybridized carbons (Fsp3) is 0.154. The number of aliphatic imine (C=N–C) groups is 1. The second-order valence-corrected chi connectivity index (χ2v) is 8.73. The zero-order chi connectivity index (χ0) is 22.1. The Morgan fingerprint density at radius 3 is 2.38 bits per heavy atom. The van der Waals surface area contributed by atoms with Crippen molar-refractivity contribution in [2.24, 2.45) is 4.99 Å². The molecule has 0 aromatic heterocycles. The quantitative estimate of drug-likeness (QED) is 0.486. The average molecular weight is 443 g/mol. The number of benzene rings is 3. The lowest BCUT2D eigenvalue weighted by Crippen LogP contribution is -2.30. The fourth-order valence-electron chi connectivity index (χ4n) is 3.51. The van der Waals surface area contributed by atoms with Gasteiger partial charge in [-0.15, -0.1) is 0 Å². The number of aryl methyl sites for hydroxylation is 2. The Kier molecular flexibility index (Phi) is 5.45. The van der Waals surface area contributed by atoms with Crippen molar-refractivity contribution in [2.45, 2.75) is 19.6 Å². The first kappa shape index (κ1) is 20.4. The van der Waals surface area contributed by atoms with Gasteiger partial charge in [-0.05, 0) is 55.3 Å². The maximum absolute atomic E-state index is 13.4. The summed E-state index contributed by atoms with van der Waals surface area (Å²) in [5, 5.41) is 0.673. The summed E-state index contributed by atoms with van der Waals surface area (Å²) in [6.45, 7) is 4.32. The van der Waals surface area contributed by atoms with Crippen molar-refractivity contribution in [3.05, 3.63) is 94.7 Å². The summed E-state index contributed by atoms with van der Waals surface area (Å²) in [6.07, 6.45) is 1.80. The number of amides is 1. The molecule has 5 rings (SSSR count). The van der Waals surface area contributed by atoms with Crippen molar-refractivity contribution in [3.63, 3.8) is 0 Å². The average Bonchev–Trinajstić information content (AvgIpc) is 3.38. The summed E-state index contributed by atoms with van der Waals surface area (Å²) >= 11 is 1.56. The molecule has 2 aliphatic heterocycles. The van der Waals surface area contributed by atoms with Crippen LogP contribution < -0.4 is 14.4 Å². The van der Waals surface area contributed by atoms with Crippen molar-refractivity contribution in [3.8, 4) is 11.5 Å². The molecule has 0 saturated heterocycles. The highest BCUT2D eigenvalue weighted by Gasteiger charge is 2.32. The van der Waals surface area contributed by atoms with Gasteiger partial charge in [0.1, 0.15) is 5.70 Å². The zero-order valence-electron chi connectivity index (χ0n) is 17.9. The van der Waals surface area contributed by atoms with Crippen LogP contribution in [0.1, 0.15) is 22.3 Å². The standard InChI is InChI=1S/C26H22N2O3S/c1-17-3-7-19(8-4-17)15-32-26-27-22(13-20-9-12-23-24(14-20)31-16-30-23)25(29)28(26)21-10-5-18(2)6-11-21/h3-14H,15-16H2,1-2H3/b22-13-. The monoisotopic (exact) mass is 442 g/mol. The number of anilines is 1. The van der Waals surface area contributed by atoms with Crippen LogP contribution in [0.5, 0.6) is 11.5 Å². The van der Waals surface area contributed by atoms with E-state index in [2.05, 4.69) is 31.2 Å². The Morgan fingerprint density at radius 1 is 0.938 bits per heavy atom. The summed E-state index contributed by atoms with van der Waals surface area (Å²) in [7, 11) is 0. The van der Waals surface area contributed by atoms with E-state index in [1.165, 1.54) is 11.1 Å². The molecule has 160 valence electrons. The van der Waals surface area contributed by atoms with Gasteiger partial charge in [0.25, 0.3) is 5.91 Å². The molecule has 3 aromatic carbocycles. The smallest absolute Gasteiger partial charge is 0.283 e. The lowest BCUT2D eigenvalue weighted by molar-refractivity contribution is -0.113. The lowest BCUT2D eigenvalue weighted by Gasteiger charge is -2.18. The van der Waals surface area contributed by atoms with Crippen LogP contribution in [-0.2, 0) is 10.5 Å². The highest BCUT2D eigenvalue weighted by Crippen LogP contribution is 2.35. The first-order valence-corrected chi connectivity index (χ1v) is 11.3. The predicted molar refractivity (Wildman–Crippen MR) is 129 cm³/mol. The van der Waals surface area contributed by atoms with E-state index in [-0.39, 0.29) is 12.7 Å². The van der Waals surface area contributed by atoms with E-state index in [1.807, 2.05) is 49.4 Å². The molecular formula is C26H22N2O3S. The Balaban J connectivity index is 1.46. The molecular weight excluding hydrogens is 420 g/mol. The van der Waals surface area contributed by atoms with Crippen molar-refractivity contribution in [1.29, 1.82) is 0 Å². The van der Waals surface area contributed by atoms with E-state index in [0.717, 1.165) is 22.6 Å². The number of nitrogens with zero attached hydrogens (tertiary/aromatic N) is 2. The molecule has 2 aliphatic rings. The van der Waals surface area contributed by atoms with E-state index in [0.29, 0.717) is 22.4 Å².